The molecule has 0 aliphatic rings. The van der Waals surface area contributed by atoms with Crippen molar-refractivity contribution in [1.29, 1.82) is 0 Å². The molecule has 0 spiro atoms. The monoisotopic (exact) mass is 341 g/mol. The lowest BCUT2D eigenvalue weighted by molar-refractivity contribution is -0.140. The first-order valence-corrected chi connectivity index (χ1v) is 6.79. The van der Waals surface area contributed by atoms with Crippen molar-refractivity contribution in [2.45, 2.75) is 19.6 Å². The number of halogens is 4. The highest BCUT2D eigenvalue weighted by Crippen LogP contribution is 2.41. The molecule has 3 heterocycles. The first kappa shape index (κ1) is 15.9. The fourth-order valence-corrected chi connectivity index (χ4v) is 2.21. The van der Waals surface area contributed by atoms with Gasteiger partial charge in [0.05, 0.1) is 17.3 Å². The highest BCUT2D eigenvalue weighted by atomic mass is 19.4. The van der Waals surface area contributed by atoms with E-state index in [0.29, 0.717) is 0 Å². The van der Waals surface area contributed by atoms with Crippen molar-refractivity contribution >= 4 is 5.82 Å². The number of hydrogen-bond donors (Lipinski definition) is 1. The molecule has 11 heteroatoms. The Balaban J connectivity index is 2.28. The number of rotatable bonds is 3. The van der Waals surface area contributed by atoms with Crippen molar-refractivity contribution in [1.82, 2.24) is 29.5 Å². The zero-order chi connectivity index (χ0) is 17.5. The van der Waals surface area contributed by atoms with E-state index in [9.17, 15) is 17.6 Å². The molecule has 2 N–H and O–H groups in total. The molecular formula is C13H11F4N7. The highest BCUT2D eigenvalue weighted by Gasteiger charge is 2.41. The highest BCUT2D eigenvalue weighted by molar-refractivity contribution is 5.77. The van der Waals surface area contributed by atoms with Crippen molar-refractivity contribution in [3.05, 3.63) is 36.3 Å². The van der Waals surface area contributed by atoms with E-state index >= 15 is 0 Å². The lowest BCUT2D eigenvalue weighted by Gasteiger charge is -2.05. The normalized spacial score (nSPS) is 11.9. The molecule has 0 aromatic carbocycles. The van der Waals surface area contributed by atoms with Gasteiger partial charge in [-0.3, -0.25) is 0 Å². The van der Waals surface area contributed by atoms with Gasteiger partial charge in [-0.15, -0.1) is 0 Å². The van der Waals surface area contributed by atoms with Crippen LogP contribution in [0.15, 0.2) is 24.7 Å². The molecule has 0 aliphatic carbocycles. The molecule has 24 heavy (non-hydrogen) atoms. The summed E-state index contributed by atoms with van der Waals surface area (Å²) in [6.45, 7) is 1.76. The van der Waals surface area contributed by atoms with Crippen LogP contribution in [-0.4, -0.2) is 29.5 Å². The summed E-state index contributed by atoms with van der Waals surface area (Å²) in [5.74, 6) is -1.51. The maximum absolute atomic E-state index is 14.3. The van der Waals surface area contributed by atoms with E-state index in [1.54, 1.807) is 6.92 Å². The molecular weight excluding hydrogens is 330 g/mol. The number of nitrogens with two attached hydrogens (primary N) is 1. The molecule has 0 fully saturated rings. The summed E-state index contributed by atoms with van der Waals surface area (Å²) >= 11 is 0. The van der Waals surface area contributed by atoms with Crippen LogP contribution in [0.1, 0.15) is 12.6 Å². The molecule has 0 radical (unpaired) electrons. The molecule has 0 aliphatic heterocycles. The number of aromatic nitrogens is 6. The Morgan fingerprint density at radius 1 is 1.21 bits per heavy atom. The minimum atomic E-state index is -4.84. The Hall–Kier alpha value is -2.98. The van der Waals surface area contributed by atoms with Crippen LogP contribution in [0, 0.1) is 5.95 Å². The van der Waals surface area contributed by atoms with Gasteiger partial charge < -0.3 is 5.73 Å². The largest absolute Gasteiger partial charge is 0.435 e. The minimum Gasteiger partial charge on any atom is -0.383 e. The van der Waals surface area contributed by atoms with Crippen molar-refractivity contribution < 1.29 is 17.6 Å². The van der Waals surface area contributed by atoms with E-state index in [-0.39, 0.29) is 18.1 Å². The molecule has 0 atom stereocenters. The van der Waals surface area contributed by atoms with Gasteiger partial charge in [0.2, 0.25) is 5.95 Å². The van der Waals surface area contributed by atoms with Crippen molar-refractivity contribution in [3.63, 3.8) is 0 Å². The second-order valence-electron chi connectivity index (χ2n) is 4.73. The lowest BCUT2D eigenvalue weighted by Crippen LogP contribution is -2.09. The average molecular weight is 341 g/mol. The van der Waals surface area contributed by atoms with Crippen LogP contribution in [0.3, 0.4) is 0 Å². The molecule has 3 aromatic rings. The van der Waals surface area contributed by atoms with Crippen LogP contribution < -0.4 is 5.73 Å². The summed E-state index contributed by atoms with van der Waals surface area (Å²) in [6.07, 6.45) is -1.21. The quantitative estimate of drug-likeness (QED) is 0.739. The maximum Gasteiger partial charge on any atom is 0.435 e. The van der Waals surface area contributed by atoms with Crippen LogP contribution in [0.2, 0.25) is 0 Å². The zero-order valence-electron chi connectivity index (χ0n) is 12.3. The van der Waals surface area contributed by atoms with Crippen molar-refractivity contribution in [2.24, 2.45) is 0 Å². The van der Waals surface area contributed by atoms with Gasteiger partial charge in [-0.05, 0) is 13.0 Å². The van der Waals surface area contributed by atoms with E-state index in [1.807, 2.05) is 0 Å². The number of nitrogens with zero attached hydrogens (tertiary/aromatic N) is 6. The Morgan fingerprint density at radius 2 is 1.88 bits per heavy atom. The summed E-state index contributed by atoms with van der Waals surface area (Å²) in [7, 11) is 0. The van der Waals surface area contributed by atoms with Gasteiger partial charge >= 0.3 is 6.18 Å². The Labute approximate surface area is 132 Å². The van der Waals surface area contributed by atoms with Gasteiger partial charge in [0, 0.05) is 18.9 Å². The predicted molar refractivity (Wildman–Crippen MR) is 75.4 cm³/mol. The average Bonchev–Trinajstić information content (AvgIpc) is 3.07. The molecule has 0 unspecified atom stereocenters. The van der Waals surface area contributed by atoms with Gasteiger partial charge in [-0.2, -0.15) is 32.4 Å². The van der Waals surface area contributed by atoms with Gasteiger partial charge in [0.15, 0.2) is 5.69 Å². The fraction of sp³-hybridized carbons (Fsp3) is 0.231. The van der Waals surface area contributed by atoms with Crippen LogP contribution in [-0.2, 0) is 12.7 Å². The Kier molecular flexibility index (Phi) is 3.70. The fourth-order valence-electron chi connectivity index (χ4n) is 2.21. The van der Waals surface area contributed by atoms with Crippen molar-refractivity contribution in [2.75, 3.05) is 5.73 Å². The lowest BCUT2D eigenvalue weighted by atomic mass is 10.1. The smallest absolute Gasteiger partial charge is 0.383 e. The second kappa shape index (κ2) is 5.58. The van der Waals surface area contributed by atoms with Crippen LogP contribution in [0.5, 0.6) is 0 Å². The SMILES string of the molecule is CCn1ncc(-c2c(C(F)(F)F)nn(-c3ncccn3)c2N)c1F. The summed E-state index contributed by atoms with van der Waals surface area (Å²) in [5.41, 5.74) is 3.49. The minimum absolute atomic E-state index is 0.156. The first-order valence-electron chi connectivity index (χ1n) is 6.79. The third kappa shape index (κ3) is 2.47. The number of nitrogen functional groups attached to an aromatic ring is 1. The van der Waals surface area contributed by atoms with Crippen LogP contribution >= 0.6 is 0 Å². The molecule has 0 amide bonds. The molecule has 3 rings (SSSR count). The first-order chi connectivity index (χ1) is 11.3. The van der Waals surface area contributed by atoms with Gasteiger partial charge in [-0.1, -0.05) is 0 Å². The Morgan fingerprint density at radius 3 is 2.42 bits per heavy atom. The third-order valence-electron chi connectivity index (χ3n) is 3.28. The van der Waals surface area contributed by atoms with E-state index in [1.165, 1.54) is 18.5 Å². The molecule has 7 nitrogen and oxygen atoms in total. The number of aryl methyl sites for hydroxylation is 1. The third-order valence-corrected chi connectivity index (χ3v) is 3.28. The predicted octanol–water partition coefficient (Wildman–Crippen LogP) is 2.29. The zero-order valence-corrected chi connectivity index (χ0v) is 12.3. The summed E-state index contributed by atoms with van der Waals surface area (Å²) in [5, 5.41) is 7.15. The van der Waals surface area contributed by atoms with Crippen molar-refractivity contribution in [3.8, 4) is 17.1 Å². The summed E-state index contributed by atoms with van der Waals surface area (Å²) in [4.78, 5) is 7.62. The van der Waals surface area contributed by atoms with Gasteiger partial charge in [0.25, 0.3) is 5.95 Å². The molecule has 0 bridgehead atoms. The molecule has 0 saturated heterocycles. The number of anilines is 1. The van der Waals surface area contributed by atoms with E-state index in [2.05, 4.69) is 20.2 Å². The van der Waals surface area contributed by atoms with Crippen LogP contribution in [0.25, 0.3) is 17.1 Å². The maximum atomic E-state index is 14.3. The number of alkyl halides is 3. The van der Waals surface area contributed by atoms with E-state index < -0.39 is 29.2 Å². The second-order valence-corrected chi connectivity index (χ2v) is 4.73. The van der Waals surface area contributed by atoms with Crippen LogP contribution in [0.4, 0.5) is 23.4 Å². The standard InChI is InChI=1S/C13H11F4N7/c1-2-23-10(14)7(6-21-23)8-9(13(15,16)17)22-24(11(8)18)12-19-4-3-5-20-12/h3-6H,2,18H2,1H3. The number of hydrogen-bond acceptors (Lipinski definition) is 5. The van der Waals surface area contributed by atoms with E-state index in [0.717, 1.165) is 15.6 Å². The molecule has 3 aromatic heterocycles. The summed E-state index contributed by atoms with van der Waals surface area (Å²) in [6, 6.07) is 1.49. The van der Waals surface area contributed by atoms with E-state index in [4.69, 9.17) is 5.73 Å². The van der Waals surface area contributed by atoms with Gasteiger partial charge in [0.1, 0.15) is 5.82 Å². The summed E-state index contributed by atoms with van der Waals surface area (Å²) < 4.78 is 56.0. The van der Waals surface area contributed by atoms with Gasteiger partial charge in [-0.25, -0.2) is 14.6 Å². The Bertz CT molecular complexity index is 867. The molecule has 0 saturated carbocycles. The topological polar surface area (TPSA) is 87.4 Å². The molecule has 126 valence electrons.